The number of benzene rings is 1. The predicted molar refractivity (Wildman–Crippen MR) is 86.2 cm³/mol. The van der Waals surface area contributed by atoms with Crippen molar-refractivity contribution in [3.05, 3.63) is 47.5 Å². The molecule has 2 N–H and O–H groups in total. The molecule has 0 radical (unpaired) electrons. The van der Waals surface area contributed by atoms with Crippen molar-refractivity contribution in [1.29, 1.82) is 0 Å². The highest BCUT2D eigenvalue weighted by atomic mass is 16.3. The summed E-state index contributed by atoms with van der Waals surface area (Å²) in [6.07, 6.45) is 5.48. The number of rotatable bonds is 5. The fourth-order valence-corrected chi connectivity index (χ4v) is 3.38. The van der Waals surface area contributed by atoms with Gasteiger partial charge in [-0.2, -0.15) is 0 Å². The van der Waals surface area contributed by atoms with Gasteiger partial charge in [-0.25, -0.2) is 0 Å². The van der Waals surface area contributed by atoms with E-state index in [1.54, 1.807) is 0 Å². The summed E-state index contributed by atoms with van der Waals surface area (Å²) in [6, 6.07) is 10.5. The minimum Gasteiger partial charge on any atom is -0.392 e. The highest BCUT2D eigenvalue weighted by Gasteiger charge is 2.31. The van der Waals surface area contributed by atoms with E-state index in [0.29, 0.717) is 13.1 Å². The number of nitrogens with one attached hydrogen (secondary N) is 1. The first-order chi connectivity index (χ1) is 10.7. The fraction of sp³-hybridized carbons (Fsp3) is 0.500. The Morgan fingerprint density at radius 1 is 1.32 bits per heavy atom. The highest BCUT2D eigenvalue weighted by Crippen LogP contribution is 2.21. The Morgan fingerprint density at radius 3 is 2.86 bits per heavy atom. The van der Waals surface area contributed by atoms with E-state index in [-0.39, 0.29) is 18.1 Å². The molecule has 1 aromatic carbocycles. The Balaban J connectivity index is 1.55. The molecule has 0 unspecified atom stereocenters. The maximum atomic E-state index is 12.1. The maximum absolute atomic E-state index is 12.1. The van der Waals surface area contributed by atoms with Crippen LogP contribution in [0.2, 0.25) is 0 Å². The normalized spacial score (nSPS) is 25.2. The van der Waals surface area contributed by atoms with Crippen molar-refractivity contribution in [2.45, 2.75) is 44.4 Å². The number of hydrogen-bond acceptors (Lipinski definition) is 3. The third kappa shape index (κ3) is 3.76. The number of aliphatic hydroxyl groups is 1. The minimum atomic E-state index is -0.295. The first kappa shape index (κ1) is 15.3. The number of nitrogens with zero attached hydrogens (tertiary/aromatic N) is 1. The van der Waals surface area contributed by atoms with E-state index in [1.807, 2.05) is 24.3 Å². The zero-order chi connectivity index (χ0) is 15.4. The number of β-amino-alcohol motifs (C(OH)–C–C–N with tert-alkyl or cyclic N) is 1. The smallest absolute Gasteiger partial charge is 0.246 e. The van der Waals surface area contributed by atoms with Gasteiger partial charge in [-0.05, 0) is 31.2 Å². The van der Waals surface area contributed by atoms with Crippen molar-refractivity contribution in [2.24, 2.45) is 0 Å². The third-order valence-corrected chi connectivity index (χ3v) is 4.57. The lowest BCUT2D eigenvalue weighted by molar-refractivity contribution is -0.117. The number of carbonyl (C=O) groups is 1. The van der Waals surface area contributed by atoms with Gasteiger partial charge >= 0.3 is 0 Å². The van der Waals surface area contributed by atoms with Gasteiger partial charge in [0.15, 0.2) is 0 Å². The molecule has 1 aliphatic heterocycles. The standard InChI is InChI=1S/C18H24N2O2/c21-17-10-16(11-19-18(22)15-8-4-5-9-15)20(13-17)12-14-6-2-1-3-7-14/h1-3,6-8,16-17,21H,4-5,9-13H2,(H,19,22)/t16-,17-/m1/s1. The monoisotopic (exact) mass is 300 g/mol. The van der Waals surface area contributed by atoms with Gasteiger partial charge in [0.05, 0.1) is 6.10 Å². The van der Waals surface area contributed by atoms with Gasteiger partial charge < -0.3 is 10.4 Å². The second-order valence-electron chi connectivity index (χ2n) is 6.29. The van der Waals surface area contributed by atoms with Crippen LogP contribution in [0.3, 0.4) is 0 Å². The van der Waals surface area contributed by atoms with Crippen LogP contribution in [-0.2, 0) is 11.3 Å². The molecule has 118 valence electrons. The molecular weight excluding hydrogens is 276 g/mol. The molecule has 0 saturated carbocycles. The second kappa shape index (κ2) is 7.07. The predicted octanol–water partition coefficient (Wildman–Crippen LogP) is 1.85. The number of amides is 1. The lowest BCUT2D eigenvalue weighted by atomic mass is 10.1. The molecule has 1 heterocycles. The van der Waals surface area contributed by atoms with Crippen LogP contribution in [0, 0.1) is 0 Å². The number of allylic oxidation sites excluding steroid dienone is 1. The summed E-state index contributed by atoms with van der Waals surface area (Å²) in [5, 5.41) is 13.0. The first-order valence-electron chi connectivity index (χ1n) is 8.15. The SMILES string of the molecule is O=C(NC[C@H]1C[C@@H](O)CN1Cc1ccccc1)C1=CCCC1. The summed E-state index contributed by atoms with van der Waals surface area (Å²) in [5.74, 6) is 0.0681. The first-order valence-corrected chi connectivity index (χ1v) is 8.15. The van der Waals surface area contributed by atoms with Gasteiger partial charge in [-0.15, -0.1) is 0 Å². The largest absolute Gasteiger partial charge is 0.392 e. The summed E-state index contributed by atoms with van der Waals surface area (Å²) in [4.78, 5) is 14.4. The third-order valence-electron chi connectivity index (χ3n) is 4.57. The van der Waals surface area contributed by atoms with Crippen molar-refractivity contribution in [1.82, 2.24) is 10.2 Å². The molecule has 1 amide bonds. The van der Waals surface area contributed by atoms with E-state index >= 15 is 0 Å². The molecule has 2 aliphatic rings. The zero-order valence-corrected chi connectivity index (χ0v) is 12.9. The molecule has 4 heteroatoms. The van der Waals surface area contributed by atoms with Crippen molar-refractivity contribution in [2.75, 3.05) is 13.1 Å². The summed E-state index contributed by atoms with van der Waals surface area (Å²) in [7, 11) is 0. The number of likely N-dealkylation sites (tertiary alicyclic amines) is 1. The highest BCUT2D eigenvalue weighted by molar-refractivity contribution is 5.93. The summed E-state index contributed by atoms with van der Waals surface area (Å²) >= 11 is 0. The van der Waals surface area contributed by atoms with Gasteiger partial charge in [0.25, 0.3) is 0 Å². The van der Waals surface area contributed by atoms with E-state index in [1.165, 1.54) is 5.56 Å². The Kier molecular flexibility index (Phi) is 4.90. The molecular formula is C18H24N2O2. The van der Waals surface area contributed by atoms with Crippen LogP contribution in [0.25, 0.3) is 0 Å². The molecule has 1 fully saturated rings. The number of carbonyl (C=O) groups excluding carboxylic acids is 1. The lowest BCUT2D eigenvalue weighted by Crippen LogP contribution is -2.40. The Bertz CT molecular complexity index is 541. The molecule has 22 heavy (non-hydrogen) atoms. The Morgan fingerprint density at radius 2 is 2.14 bits per heavy atom. The van der Waals surface area contributed by atoms with Crippen LogP contribution in [0.15, 0.2) is 42.0 Å². The maximum Gasteiger partial charge on any atom is 0.246 e. The van der Waals surface area contributed by atoms with Crippen LogP contribution in [0.5, 0.6) is 0 Å². The van der Waals surface area contributed by atoms with Gasteiger partial charge in [-0.3, -0.25) is 9.69 Å². The van der Waals surface area contributed by atoms with E-state index in [2.05, 4.69) is 22.3 Å². The van der Waals surface area contributed by atoms with Crippen LogP contribution in [-0.4, -0.2) is 41.1 Å². The quantitative estimate of drug-likeness (QED) is 0.872. The van der Waals surface area contributed by atoms with E-state index in [4.69, 9.17) is 0 Å². The van der Waals surface area contributed by atoms with Crippen molar-refractivity contribution < 1.29 is 9.90 Å². The molecule has 1 aliphatic carbocycles. The van der Waals surface area contributed by atoms with E-state index < -0.39 is 0 Å². The second-order valence-corrected chi connectivity index (χ2v) is 6.29. The van der Waals surface area contributed by atoms with Crippen molar-refractivity contribution in [3.8, 4) is 0 Å². The summed E-state index contributed by atoms with van der Waals surface area (Å²) < 4.78 is 0. The zero-order valence-electron chi connectivity index (χ0n) is 12.9. The van der Waals surface area contributed by atoms with Gasteiger partial charge in [0.1, 0.15) is 0 Å². The van der Waals surface area contributed by atoms with Gasteiger partial charge in [0.2, 0.25) is 5.91 Å². The Hall–Kier alpha value is -1.65. The lowest BCUT2D eigenvalue weighted by Gasteiger charge is -2.24. The topological polar surface area (TPSA) is 52.6 Å². The average Bonchev–Trinajstić information content (AvgIpc) is 3.16. The average molecular weight is 300 g/mol. The van der Waals surface area contributed by atoms with E-state index in [9.17, 15) is 9.90 Å². The number of aliphatic hydroxyl groups excluding tert-OH is 1. The fourth-order valence-electron chi connectivity index (χ4n) is 3.38. The molecule has 1 saturated heterocycles. The van der Waals surface area contributed by atoms with Crippen LogP contribution < -0.4 is 5.32 Å². The summed E-state index contributed by atoms with van der Waals surface area (Å²) in [6.45, 7) is 2.11. The van der Waals surface area contributed by atoms with Crippen molar-refractivity contribution in [3.63, 3.8) is 0 Å². The molecule has 4 nitrogen and oxygen atoms in total. The molecule has 2 atom stereocenters. The van der Waals surface area contributed by atoms with E-state index in [0.717, 1.165) is 37.8 Å². The summed E-state index contributed by atoms with van der Waals surface area (Å²) in [5.41, 5.74) is 2.17. The van der Waals surface area contributed by atoms with Gasteiger partial charge in [0, 0.05) is 31.2 Å². The minimum absolute atomic E-state index is 0.0681. The number of hydrogen-bond donors (Lipinski definition) is 2. The van der Waals surface area contributed by atoms with Crippen LogP contribution >= 0.6 is 0 Å². The molecule has 0 aromatic heterocycles. The molecule has 3 rings (SSSR count). The van der Waals surface area contributed by atoms with Gasteiger partial charge in [-0.1, -0.05) is 36.4 Å². The van der Waals surface area contributed by atoms with Crippen LogP contribution in [0.4, 0.5) is 0 Å². The molecule has 0 bridgehead atoms. The molecule has 0 spiro atoms. The van der Waals surface area contributed by atoms with Crippen molar-refractivity contribution >= 4 is 5.91 Å². The Labute approximate surface area is 131 Å². The van der Waals surface area contributed by atoms with Crippen LogP contribution in [0.1, 0.15) is 31.2 Å². The molecule has 1 aromatic rings.